The summed E-state index contributed by atoms with van der Waals surface area (Å²) < 4.78 is 20.2. The number of likely N-dealkylation sites (tertiary alicyclic amines) is 1. The number of halogens is 1. The fourth-order valence-electron chi connectivity index (χ4n) is 4.19. The summed E-state index contributed by atoms with van der Waals surface area (Å²) in [7, 11) is 1.59. The van der Waals surface area contributed by atoms with Crippen molar-refractivity contribution in [3.8, 4) is 11.4 Å². The van der Waals surface area contributed by atoms with Gasteiger partial charge in [0.05, 0.1) is 23.7 Å². The van der Waals surface area contributed by atoms with Crippen LogP contribution in [-0.2, 0) is 5.75 Å². The van der Waals surface area contributed by atoms with E-state index in [-0.39, 0.29) is 17.3 Å². The highest BCUT2D eigenvalue weighted by Gasteiger charge is 2.21. The average Bonchev–Trinajstić information content (AvgIpc) is 3.43. The van der Waals surface area contributed by atoms with Crippen molar-refractivity contribution in [1.82, 2.24) is 14.5 Å². The number of carbonyl (C=O) groups excluding carboxylic acids is 1. The molecule has 5 rings (SSSR count). The number of fused-ring (bicyclic) bond motifs is 1. The molecule has 0 unspecified atom stereocenters. The fourth-order valence-corrected chi connectivity index (χ4v) is 5.15. The van der Waals surface area contributed by atoms with Gasteiger partial charge in [0.25, 0.3) is 11.5 Å². The normalized spacial score (nSPS) is 13.4. The maximum Gasteiger partial charge on any atom is 0.266 e. The summed E-state index contributed by atoms with van der Waals surface area (Å²) in [5.74, 6) is 0.848. The molecule has 6 nitrogen and oxygen atoms in total. The van der Waals surface area contributed by atoms with E-state index in [1.54, 1.807) is 66.3 Å². The molecule has 1 aliphatic rings. The highest BCUT2D eigenvalue weighted by Crippen LogP contribution is 2.26. The summed E-state index contributed by atoms with van der Waals surface area (Å²) in [4.78, 5) is 33.2. The van der Waals surface area contributed by atoms with Gasteiger partial charge in [0.1, 0.15) is 11.6 Å². The van der Waals surface area contributed by atoms with Gasteiger partial charge < -0.3 is 9.64 Å². The number of thioether (sulfide) groups is 1. The Bertz CT molecular complexity index is 1430. The van der Waals surface area contributed by atoms with Crippen LogP contribution in [0.15, 0.2) is 76.7 Å². The van der Waals surface area contributed by atoms with Crippen molar-refractivity contribution in [2.24, 2.45) is 0 Å². The maximum atomic E-state index is 13.6. The molecule has 0 N–H and O–H groups in total. The number of nitrogens with zero attached hydrogens (tertiary/aromatic N) is 3. The third-order valence-corrected chi connectivity index (χ3v) is 7.10. The largest absolute Gasteiger partial charge is 0.497 e. The number of rotatable bonds is 6. The van der Waals surface area contributed by atoms with E-state index in [9.17, 15) is 14.0 Å². The molecule has 0 saturated carbocycles. The van der Waals surface area contributed by atoms with Crippen molar-refractivity contribution >= 4 is 28.6 Å². The van der Waals surface area contributed by atoms with Crippen LogP contribution in [0.4, 0.5) is 4.39 Å². The minimum atomic E-state index is -0.298. The number of hydrogen-bond donors (Lipinski definition) is 0. The lowest BCUT2D eigenvalue weighted by atomic mass is 10.1. The molecule has 0 spiro atoms. The van der Waals surface area contributed by atoms with Gasteiger partial charge in [-0.15, -0.1) is 0 Å². The number of hydrogen-bond acceptors (Lipinski definition) is 5. The number of benzene rings is 3. The van der Waals surface area contributed by atoms with Gasteiger partial charge in [-0.3, -0.25) is 14.2 Å². The van der Waals surface area contributed by atoms with Crippen LogP contribution in [0.2, 0.25) is 0 Å². The first-order valence-electron chi connectivity index (χ1n) is 11.4. The van der Waals surface area contributed by atoms with Gasteiger partial charge in [0.15, 0.2) is 5.16 Å². The zero-order valence-electron chi connectivity index (χ0n) is 19.2. The number of amides is 1. The molecule has 1 aromatic heterocycles. The zero-order valence-corrected chi connectivity index (χ0v) is 20.1. The van der Waals surface area contributed by atoms with E-state index in [0.717, 1.165) is 31.5 Å². The lowest BCUT2D eigenvalue weighted by Crippen LogP contribution is -2.28. The second-order valence-electron chi connectivity index (χ2n) is 8.38. The summed E-state index contributed by atoms with van der Waals surface area (Å²) in [6.07, 6.45) is 2.02. The molecule has 178 valence electrons. The van der Waals surface area contributed by atoms with Gasteiger partial charge in [0.2, 0.25) is 0 Å². The first kappa shape index (κ1) is 23.1. The Hall–Kier alpha value is -3.65. The molecular weight excluding hydrogens is 465 g/mol. The van der Waals surface area contributed by atoms with E-state index >= 15 is 0 Å². The number of aromatic nitrogens is 2. The summed E-state index contributed by atoms with van der Waals surface area (Å²) >= 11 is 1.38. The molecule has 2 heterocycles. The van der Waals surface area contributed by atoms with Crippen LogP contribution in [0, 0.1) is 5.82 Å². The summed E-state index contributed by atoms with van der Waals surface area (Å²) in [6.45, 7) is 1.50. The second-order valence-corrected chi connectivity index (χ2v) is 9.32. The van der Waals surface area contributed by atoms with Gasteiger partial charge in [0, 0.05) is 24.4 Å². The molecule has 3 aromatic carbocycles. The molecule has 4 aromatic rings. The molecule has 1 amide bonds. The standard InChI is InChI=1S/C27H24FN3O3S/c1-34-22-11-9-21(10-12-22)31-26(33)23-13-6-19(25(32)30-14-2-3-15-30)16-24(23)29-27(31)35-17-18-4-7-20(28)8-5-18/h4-13,16H,2-3,14-15,17H2,1H3. The first-order valence-corrected chi connectivity index (χ1v) is 12.4. The highest BCUT2D eigenvalue weighted by atomic mass is 32.2. The van der Waals surface area contributed by atoms with Crippen LogP contribution >= 0.6 is 11.8 Å². The van der Waals surface area contributed by atoms with E-state index < -0.39 is 0 Å². The minimum absolute atomic E-state index is 0.0361. The van der Waals surface area contributed by atoms with Crippen LogP contribution in [0.5, 0.6) is 5.75 Å². The van der Waals surface area contributed by atoms with Crippen molar-refractivity contribution in [3.63, 3.8) is 0 Å². The van der Waals surface area contributed by atoms with E-state index in [1.165, 1.54) is 23.9 Å². The Morgan fingerprint density at radius 2 is 1.74 bits per heavy atom. The van der Waals surface area contributed by atoms with Gasteiger partial charge in [-0.1, -0.05) is 23.9 Å². The lowest BCUT2D eigenvalue weighted by Gasteiger charge is -2.16. The third-order valence-electron chi connectivity index (χ3n) is 6.09. The summed E-state index contributed by atoms with van der Waals surface area (Å²) in [6, 6.07) is 18.5. The molecule has 35 heavy (non-hydrogen) atoms. The summed E-state index contributed by atoms with van der Waals surface area (Å²) in [5, 5.41) is 0.924. The Morgan fingerprint density at radius 3 is 2.43 bits per heavy atom. The smallest absolute Gasteiger partial charge is 0.266 e. The predicted molar refractivity (Wildman–Crippen MR) is 135 cm³/mol. The zero-order chi connectivity index (χ0) is 24.4. The SMILES string of the molecule is COc1ccc(-n2c(SCc3ccc(F)cc3)nc3cc(C(=O)N4CCCC4)ccc3c2=O)cc1. The van der Waals surface area contributed by atoms with Crippen LogP contribution in [0.3, 0.4) is 0 Å². The first-order chi connectivity index (χ1) is 17.0. The lowest BCUT2D eigenvalue weighted by molar-refractivity contribution is 0.0793. The quantitative estimate of drug-likeness (QED) is 0.280. The predicted octanol–water partition coefficient (Wildman–Crippen LogP) is 5.06. The van der Waals surface area contributed by atoms with Gasteiger partial charge >= 0.3 is 0 Å². The average molecular weight is 490 g/mol. The Morgan fingerprint density at radius 1 is 1.03 bits per heavy atom. The second kappa shape index (κ2) is 9.92. The maximum absolute atomic E-state index is 13.6. The van der Waals surface area contributed by atoms with E-state index in [1.807, 2.05) is 4.90 Å². The van der Waals surface area contributed by atoms with Crippen molar-refractivity contribution < 1.29 is 13.9 Å². The van der Waals surface area contributed by atoms with Gasteiger partial charge in [-0.25, -0.2) is 9.37 Å². The van der Waals surface area contributed by atoms with Gasteiger partial charge in [-0.2, -0.15) is 0 Å². The van der Waals surface area contributed by atoms with Crippen molar-refractivity contribution in [2.45, 2.75) is 23.8 Å². The van der Waals surface area contributed by atoms with E-state index in [0.29, 0.717) is 38.8 Å². The van der Waals surface area contributed by atoms with Gasteiger partial charge in [-0.05, 0) is 73.0 Å². The topological polar surface area (TPSA) is 64.4 Å². The molecule has 0 radical (unpaired) electrons. The number of methoxy groups -OCH3 is 1. The van der Waals surface area contributed by atoms with Crippen LogP contribution < -0.4 is 10.3 Å². The highest BCUT2D eigenvalue weighted by molar-refractivity contribution is 7.98. The minimum Gasteiger partial charge on any atom is -0.497 e. The van der Waals surface area contributed by atoms with E-state index in [2.05, 4.69) is 0 Å². The van der Waals surface area contributed by atoms with E-state index in [4.69, 9.17) is 9.72 Å². The molecular formula is C27H24FN3O3S. The molecule has 8 heteroatoms. The monoisotopic (exact) mass is 489 g/mol. The van der Waals surface area contributed by atoms with Crippen molar-refractivity contribution in [3.05, 3.63) is 94.0 Å². The molecule has 1 aliphatic heterocycles. The molecule has 0 aliphatic carbocycles. The van der Waals surface area contributed by atoms with Crippen LogP contribution in [0.1, 0.15) is 28.8 Å². The molecule has 1 saturated heterocycles. The molecule has 0 bridgehead atoms. The van der Waals surface area contributed by atoms with Crippen LogP contribution in [-0.4, -0.2) is 40.6 Å². The Kier molecular flexibility index (Phi) is 6.55. The van der Waals surface area contributed by atoms with Crippen molar-refractivity contribution in [2.75, 3.05) is 20.2 Å². The fraction of sp³-hybridized carbons (Fsp3) is 0.222. The molecule has 0 atom stereocenters. The summed E-state index contributed by atoms with van der Waals surface area (Å²) in [5.41, 5.74) is 2.35. The Labute approximate surface area is 206 Å². The Balaban J connectivity index is 1.58. The van der Waals surface area contributed by atoms with Crippen molar-refractivity contribution in [1.29, 1.82) is 0 Å². The van der Waals surface area contributed by atoms with Crippen LogP contribution in [0.25, 0.3) is 16.6 Å². The number of ether oxygens (including phenoxy) is 1. The molecule has 1 fully saturated rings. The third kappa shape index (κ3) is 4.79. The number of carbonyl (C=O) groups is 1.